The van der Waals surface area contributed by atoms with Crippen LogP contribution in [0.25, 0.3) is 11.3 Å². The van der Waals surface area contributed by atoms with Gasteiger partial charge in [-0.05, 0) is 25.0 Å². The SMILES string of the molecule is Cc1cccc(-c2cc(N)nc(C(C)(C)C)n2)c1C. The van der Waals surface area contributed by atoms with Gasteiger partial charge in [-0.2, -0.15) is 0 Å². The summed E-state index contributed by atoms with van der Waals surface area (Å²) < 4.78 is 0. The van der Waals surface area contributed by atoms with Gasteiger partial charge in [0.1, 0.15) is 11.6 Å². The zero-order valence-corrected chi connectivity index (χ0v) is 12.3. The number of aromatic nitrogens is 2. The maximum Gasteiger partial charge on any atom is 0.136 e. The molecule has 0 fully saturated rings. The fraction of sp³-hybridized carbons (Fsp3) is 0.375. The Morgan fingerprint density at radius 3 is 2.37 bits per heavy atom. The first-order valence-corrected chi connectivity index (χ1v) is 6.50. The number of anilines is 1. The summed E-state index contributed by atoms with van der Waals surface area (Å²) in [5.74, 6) is 1.30. The second-order valence-electron chi connectivity index (χ2n) is 6.00. The fourth-order valence-electron chi connectivity index (χ4n) is 1.97. The van der Waals surface area contributed by atoms with E-state index in [0.29, 0.717) is 5.82 Å². The third kappa shape index (κ3) is 2.75. The molecule has 2 aromatic rings. The second-order valence-corrected chi connectivity index (χ2v) is 6.00. The highest BCUT2D eigenvalue weighted by atomic mass is 15.0. The van der Waals surface area contributed by atoms with Crippen molar-refractivity contribution in [2.24, 2.45) is 0 Å². The molecule has 0 aliphatic carbocycles. The van der Waals surface area contributed by atoms with Crippen LogP contribution in [0.2, 0.25) is 0 Å². The quantitative estimate of drug-likeness (QED) is 0.846. The third-order valence-corrected chi connectivity index (χ3v) is 3.30. The van der Waals surface area contributed by atoms with E-state index in [-0.39, 0.29) is 5.41 Å². The van der Waals surface area contributed by atoms with Crippen molar-refractivity contribution in [1.82, 2.24) is 9.97 Å². The molecule has 0 saturated carbocycles. The van der Waals surface area contributed by atoms with E-state index >= 15 is 0 Å². The molecule has 0 bridgehead atoms. The van der Waals surface area contributed by atoms with Gasteiger partial charge in [-0.15, -0.1) is 0 Å². The van der Waals surface area contributed by atoms with E-state index in [0.717, 1.165) is 17.1 Å². The maximum atomic E-state index is 5.93. The van der Waals surface area contributed by atoms with Gasteiger partial charge < -0.3 is 5.73 Å². The minimum absolute atomic E-state index is 0.109. The van der Waals surface area contributed by atoms with Crippen LogP contribution >= 0.6 is 0 Å². The van der Waals surface area contributed by atoms with E-state index in [1.54, 1.807) is 0 Å². The van der Waals surface area contributed by atoms with Crippen molar-refractivity contribution in [3.05, 3.63) is 41.2 Å². The van der Waals surface area contributed by atoms with Crippen LogP contribution in [0.5, 0.6) is 0 Å². The molecule has 3 heteroatoms. The van der Waals surface area contributed by atoms with E-state index in [1.807, 2.05) is 12.1 Å². The van der Waals surface area contributed by atoms with Crippen molar-refractivity contribution >= 4 is 5.82 Å². The lowest BCUT2D eigenvalue weighted by molar-refractivity contribution is 0.547. The molecule has 2 N–H and O–H groups in total. The minimum Gasteiger partial charge on any atom is -0.384 e. The highest BCUT2D eigenvalue weighted by Gasteiger charge is 2.19. The summed E-state index contributed by atoms with van der Waals surface area (Å²) >= 11 is 0. The van der Waals surface area contributed by atoms with Gasteiger partial charge in [-0.25, -0.2) is 9.97 Å². The van der Waals surface area contributed by atoms with Crippen LogP contribution < -0.4 is 5.73 Å². The Hall–Kier alpha value is -1.90. The largest absolute Gasteiger partial charge is 0.384 e. The summed E-state index contributed by atoms with van der Waals surface area (Å²) in [6, 6.07) is 8.08. The highest BCUT2D eigenvalue weighted by Crippen LogP contribution is 2.27. The van der Waals surface area contributed by atoms with Crippen LogP contribution in [0.1, 0.15) is 37.7 Å². The zero-order chi connectivity index (χ0) is 14.2. The van der Waals surface area contributed by atoms with Gasteiger partial charge in [-0.3, -0.25) is 0 Å². The van der Waals surface area contributed by atoms with Gasteiger partial charge in [0.25, 0.3) is 0 Å². The first-order chi connectivity index (χ1) is 8.79. The number of aryl methyl sites for hydroxylation is 1. The van der Waals surface area contributed by atoms with Crippen molar-refractivity contribution < 1.29 is 0 Å². The Morgan fingerprint density at radius 1 is 1.05 bits per heavy atom. The molecule has 0 radical (unpaired) electrons. The highest BCUT2D eigenvalue weighted by molar-refractivity contribution is 5.67. The summed E-state index contributed by atoms with van der Waals surface area (Å²) in [6.45, 7) is 10.5. The lowest BCUT2D eigenvalue weighted by Crippen LogP contribution is -2.17. The molecule has 0 aliphatic heterocycles. The molecule has 0 saturated heterocycles. The molecular formula is C16H21N3. The third-order valence-electron chi connectivity index (χ3n) is 3.30. The Labute approximate surface area is 114 Å². The smallest absolute Gasteiger partial charge is 0.136 e. The number of nitrogens with two attached hydrogens (primary N) is 1. The van der Waals surface area contributed by atoms with Gasteiger partial charge in [0.05, 0.1) is 5.69 Å². The van der Waals surface area contributed by atoms with E-state index in [9.17, 15) is 0 Å². The molecule has 0 spiro atoms. The molecule has 1 aromatic carbocycles. The van der Waals surface area contributed by atoms with Crippen LogP contribution in [-0.4, -0.2) is 9.97 Å². The van der Waals surface area contributed by atoms with Crippen molar-refractivity contribution in [3.8, 4) is 11.3 Å². The Bertz CT molecular complexity index is 610. The van der Waals surface area contributed by atoms with Gasteiger partial charge in [-0.1, -0.05) is 39.0 Å². The van der Waals surface area contributed by atoms with Crippen LogP contribution in [0.4, 0.5) is 5.82 Å². The molecular weight excluding hydrogens is 234 g/mol. The van der Waals surface area contributed by atoms with Crippen molar-refractivity contribution in [1.29, 1.82) is 0 Å². The second kappa shape index (κ2) is 4.65. The normalized spacial score (nSPS) is 11.6. The maximum absolute atomic E-state index is 5.93. The van der Waals surface area contributed by atoms with Crippen LogP contribution in [0, 0.1) is 13.8 Å². The number of hydrogen-bond acceptors (Lipinski definition) is 3. The number of nitrogens with zero attached hydrogens (tertiary/aromatic N) is 2. The molecule has 3 nitrogen and oxygen atoms in total. The van der Waals surface area contributed by atoms with Gasteiger partial charge in [0, 0.05) is 17.0 Å². The first kappa shape index (κ1) is 13.5. The molecule has 19 heavy (non-hydrogen) atoms. The summed E-state index contributed by atoms with van der Waals surface area (Å²) in [4.78, 5) is 9.04. The number of nitrogen functional groups attached to an aromatic ring is 1. The van der Waals surface area contributed by atoms with Gasteiger partial charge >= 0.3 is 0 Å². The zero-order valence-electron chi connectivity index (χ0n) is 12.3. The van der Waals surface area contributed by atoms with Crippen molar-refractivity contribution in [2.75, 3.05) is 5.73 Å². The fourth-order valence-corrected chi connectivity index (χ4v) is 1.97. The molecule has 0 atom stereocenters. The molecule has 0 aliphatic rings. The first-order valence-electron chi connectivity index (χ1n) is 6.50. The molecule has 1 heterocycles. The van der Waals surface area contributed by atoms with E-state index in [1.165, 1.54) is 11.1 Å². The molecule has 0 amide bonds. The lowest BCUT2D eigenvalue weighted by atomic mass is 9.95. The standard InChI is InChI=1S/C16H21N3/c1-10-7-6-8-12(11(10)2)13-9-14(17)19-15(18-13)16(3,4)5/h6-9H,1-5H3,(H2,17,18,19). The molecule has 0 unspecified atom stereocenters. The topological polar surface area (TPSA) is 51.8 Å². The average Bonchev–Trinajstić information content (AvgIpc) is 2.31. The summed E-state index contributed by atoms with van der Waals surface area (Å²) in [6.07, 6.45) is 0. The van der Waals surface area contributed by atoms with E-state index < -0.39 is 0 Å². The monoisotopic (exact) mass is 255 g/mol. The molecule has 2 rings (SSSR count). The van der Waals surface area contributed by atoms with E-state index in [2.05, 4.69) is 56.7 Å². The predicted octanol–water partition coefficient (Wildman–Crippen LogP) is 3.64. The Kier molecular flexibility index (Phi) is 3.31. The van der Waals surface area contributed by atoms with Crippen LogP contribution in [0.3, 0.4) is 0 Å². The van der Waals surface area contributed by atoms with E-state index in [4.69, 9.17) is 5.73 Å². The minimum atomic E-state index is -0.109. The van der Waals surface area contributed by atoms with Gasteiger partial charge in [0.2, 0.25) is 0 Å². The summed E-state index contributed by atoms with van der Waals surface area (Å²) in [5, 5.41) is 0. The lowest BCUT2D eigenvalue weighted by Gasteiger charge is -2.18. The predicted molar refractivity (Wildman–Crippen MR) is 80.1 cm³/mol. The molecule has 1 aromatic heterocycles. The summed E-state index contributed by atoms with van der Waals surface area (Å²) in [5.41, 5.74) is 10.3. The van der Waals surface area contributed by atoms with Crippen LogP contribution in [0.15, 0.2) is 24.3 Å². The van der Waals surface area contributed by atoms with Crippen LogP contribution in [-0.2, 0) is 5.41 Å². The summed E-state index contributed by atoms with van der Waals surface area (Å²) in [7, 11) is 0. The average molecular weight is 255 g/mol. The number of benzene rings is 1. The number of rotatable bonds is 1. The molecule has 100 valence electrons. The Morgan fingerprint density at radius 2 is 1.74 bits per heavy atom. The van der Waals surface area contributed by atoms with Crippen molar-refractivity contribution in [2.45, 2.75) is 40.0 Å². The van der Waals surface area contributed by atoms with Gasteiger partial charge in [0.15, 0.2) is 0 Å². The van der Waals surface area contributed by atoms with Crippen molar-refractivity contribution in [3.63, 3.8) is 0 Å². The Balaban J connectivity index is 2.63. The number of hydrogen-bond donors (Lipinski definition) is 1.